The molecule has 0 aliphatic heterocycles. The molecule has 0 saturated heterocycles. The summed E-state index contributed by atoms with van der Waals surface area (Å²) >= 11 is 0. The second-order valence-electron chi connectivity index (χ2n) is 5.08. The number of halogens is 3. The Morgan fingerprint density at radius 3 is 2.54 bits per heavy atom. The lowest BCUT2D eigenvalue weighted by atomic mass is 10.3. The molecule has 1 unspecified atom stereocenters. The number of alkyl halides is 3. The van der Waals surface area contributed by atoms with Gasteiger partial charge in [-0.15, -0.1) is 0 Å². The number of nitrogens with zero attached hydrogens (tertiary/aromatic N) is 3. The first-order chi connectivity index (χ1) is 12.2. The number of esters is 1. The third-order valence-electron chi connectivity index (χ3n) is 3.09. The van der Waals surface area contributed by atoms with E-state index in [1.807, 2.05) is 0 Å². The smallest absolute Gasteiger partial charge is 0.417 e. The maximum absolute atomic E-state index is 12.7. The summed E-state index contributed by atoms with van der Waals surface area (Å²) in [5, 5.41) is 2.30. The molecule has 2 aromatic heterocycles. The first-order valence-corrected chi connectivity index (χ1v) is 7.22. The van der Waals surface area contributed by atoms with Gasteiger partial charge in [0.15, 0.2) is 6.10 Å². The van der Waals surface area contributed by atoms with Gasteiger partial charge >= 0.3 is 12.1 Å². The SMILES string of the molecule is CC(OC(=O)Cn1cc(C(F)(F)F)ccc1=O)C(=O)Nc1ncccn1. The van der Waals surface area contributed by atoms with Gasteiger partial charge in [0.05, 0.1) is 5.56 Å². The molecule has 1 N–H and O–H groups in total. The number of rotatable bonds is 5. The minimum Gasteiger partial charge on any atom is -0.451 e. The molecule has 2 aromatic rings. The number of hydrogen-bond acceptors (Lipinski definition) is 6. The number of amides is 1. The van der Waals surface area contributed by atoms with Crippen LogP contribution in [0, 0.1) is 0 Å². The molecule has 8 nitrogen and oxygen atoms in total. The topological polar surface area (TPSA) is 103 Å². The van der Waals surface area contributed by atoms with E-state index in [0.29, 0.717) is 22.9 Å². The Bertz CT molecular complexity index is 852. The van der Waals surface area contributed by atoms with Crippen molar-refractivity contribution in [3.05, 3.63) is 52.7 Å². The molecule has 2 rings (SSSR count). The Morgan fingerprint density at radius 2 is 1.92 bits per heavy atom. The number of anilines is 1. The molecule has 26 heavy (non-hydrogen) atoms. The Hall–Kier alpha value is -3.24. The molecule has 1 amide bonds. The monoisotopic (exact) mass is 370 g/mol. The van der Waals surface area contributed by atoms with E-state index >= 15 is 0 Å². The van der Waals surface area contributed by atoms with E-state index in [2.05, 4.69) is 15.3 Å². The van der Waals surface area contributed by atoms with Gasteiger partial charge in [0.25, 0.3) is 11.5 Å². The largest absolute Gasteiger partial charge is 0.451 e. The fourth-order valence-corrected chi connectivity index (χ4v) is 1.83. The van der Waals surface area contributed by atoms with Crippen LogP contribution in [0.2, 0.25) is 0 Å². The molecule has 0 aliphatic carbocycles. The first-order valence-electron chi connectivity index (χ1n) is 7.22. The van der Waals surface area contributed by atoms with Crippen molar-refractivity contribution in [3.63, 3.8) is 0 Å². The number of nitrogens with one attached hydrogen (secondary N) is 1. The zero-order valence-electron chi connectivity index (χ0n) is 13.4. The summed E-state index contributed by atoms with van der Waals surface area (Å²) in [6.07, 6.45) is -2.65. The van der Waals surface area contributed by atoms with Crippen LogP contribution in [0.4, 0.5) is 19.1 Å². The van der Waals surface area contributed by atoms with Gasteiger partial charge in [0.2, 0.25) is 5.95 Å². The van der Waals surface area contributed by atoms with E-state index in [4.69, 9.17) is 4.74 Å². The molecular weight excluding hydrogens is 357 g/mol. The van der Waals surface area contributed by atoms with Gasteiger partial charge in [-0.25, -0.2) is 9.97 Å². The number of aromatic nitrogens is 3. The van der Waals surface area contributed by atoms with Crippen LogP contribution in [0.25, 0.3) is 0 Å². The molecule has 0 saturated carbocycles. The number of ether oxygens (including phenoxy) is 1. The number of carbonyl (C=O) groups excluding carboxylic acids is 2. The van der Waals surface area contributed by atoms with E-state index in [1.54, 1.807) is 0 Å². The Kier molecular flexibility index (Phi) is 5.70. The number of hydrogen-bond donors (Lipinski definition) is 1. The predicted octanol–water partition coefficient (Wildman–Crippen LogP) is 1.23. The van der Waals surface area contributed by atoms with Crippen molar-refractivity contribution >= 4 is 17.8 Å². The zero-order chi connectivity index (χ0) is 19.3. The van der Waals surface area contributed by atoms with Crippen molar-refractivity contribution in [2.45, 2.75) is 25.7 Å². The molecule has 0 radical (unpaired) electrons. The van der Waals surface area contributed by atoms with Crippen molar-refractivity contribution in [2.75, 3.05) is 5.32 Å². The summed E-state index contributed by atoms with van der Waals surface area (Å²) in [5.41, 5.74) is -1.90. The molecule has 11 heteroatoms. The van der Waals surface area contributed by atoms with Crippen LogP contribution in [0.15, 0.2) is 41.6 Å². The van der Waals surface area contributed by atoms with Gasteiger partial charge in [-0.05, 0) is 19.1 Å². The van der Waals surface area contributed by atoms with Gasteiger partial charge in [0, 0.05) is 24.7 Å². The van der Waals surface area contributed by atoms with Crippen LogP contribution >= 0.6 is 0 Å². The third kappa shape index (κ3) is 5.13. The maximum atomic E-state index is 12.7. The fraction of sp³-hybridized carbons (Fsp3) is 0.267. The van der Waals surface area contributed by atoms with E-state index in [9.17, 15) is 27.6 Å². The van der Waals surface area contributed by atoms with Crippen molar-refractivity contribution in [1.82, 2.24) is 14.5 Å². The standard InChI is InChI=1S/C15H13F3N4O4/c1-9(13(25)21-14-19-5-2-6-20-14)26-12(24)8-22-7-10(15(16,17)18)3-4-11(22)23/h2-7,9H,8H2,1H3,(H,19,20,21,25). The van der Waals surface area contributed by atoms with Crippen molar-refractivity contribution in [2.24, 2.45) is 0 Å². The lowest BCUT2D eigenvalue weighted by molar-refractivity contribution is -0.154. The number of carbonyl (C=O) groups is 2. The van der Waals surface area contributed by atoms with Crippen LogP contribution in [0.1, 0.15) is 12.5 Å². The lowest BCUT2D eigenvalue weighted by Gasteiger charge is -2.14. The molecular formula is C15H13F3N4O4. The fourth-order valence-electron chi connectivity index (χ4n) is 1.83. The normalized spacial score (nSPS) is 12.3. The van der Waals surface area contributed by atoms with Gasteiger partial charge < -0.3 is 9.30 Å². The molecule has 0 bridgehead atoms. The molecule has 0 aromatic carbocycles. The van der Waals surface area contributed by atoms with E-state index in [-0.39, 0.29) is 5.95 Å². The average Bonchev–Trinajstić information content (AvgIpc) is 2.56. The minimum absolute atomic E-state index is 0.00510. The Morgan fingerprint density at radius 1 is 1.27 bits per heavy atom. The molecule has 2 heterocycles. The minimum atomic E-state index is -4.66. The summed E-state index contributed by atoms with van der Waals surface area (Å²) < 4.78 is 43.4. The number of pyridine rings is 1. The highest BCUT2D eigenvalue weighted by Crippen LogP contribution is 2.27. The summed E-state index contributed by atoms with van der Waals surface area (Å²) in [6.45, 7) is 0.479. The highest BCUT2D eigenvalue weighted by Gasteiger charge is 2.31. The van der Waals surface area contributed by atoms with Crippen LogP contribution in [-0.2, 0) is 27.0 Å². The van der Waals surface area contributed by atoms with E-state index in [1.165, 1.54) is 25.4 Å². The second kappa shape index (κ2) is 7.76. The molecule has 138 valence electrons. The Labute approximate surface area is 144 Å². The molecule has 0 aliphatic rings. The van der Waals surface area contributed by atoms with Crippen LogP contribution in [-0.4, -0.2) is 32.5 Å². The summed E-state index contributed by atoms with van der Waals surface area (Å²) in [5.74, 6) is -1.79. The van der Waals surface area contributed by atoms with Gasteiger partial charge in [0.1, 0.15) is 6.54 Å². The highest BCUT2D eigenvalue weighted by molar-refractivity contribution is 5.93. The van der Waals surface area contributed by atoms with Crippen LogP contribution in [0.5, 0.6) is 0 Å². The lowest BCUT2D eigenvalue weighted by Crippen LogP contribution is -2.33. The summed E-state index contributed by atoms with van der Waals surface area (Å²) in [7, 11) is 0. The molecule has 0 fully saturated rings. The van der Waals surface area contributed by atoms with Gasteiger partial charge in [-0.1, -0.05) is 0 Å². The molecule has 0 spiro atoms. The summed E-state index contributed by atoms with van der Waals surface area (Å²) in [4.78, 5) is 42.8. The average molecular weight is 370 g/mol. The van der Waals surface area contributed by atoms with Crippen LogP contribution < -0.4 is 10.9 Å². The molecule has 1 atom stereocenters. The van der Waals surface area contributed by atoms with Gasteiger partial charge in [-0.2, -0.15) is 13.2 Å². The quantitative estimate of drug-likeness (QED) is 0.794. The maximum Gasteiger partial charge on any atom is 0.417 e. The zero-order valence-corrected chi connectivity index (χ0v) is 13.4. The van der Waals surface area contributed by atoms with Crippen molar-refractivity contribution in [1.29, 1.82) is 0 Å². The third-order valence-corrected chi connectivity index (χ3v) is 3.09. The van der Waals surface area contributed by atoms with Crippen LogP contribution in [0.3, 0.4) is 0 Å². The predicted molar refractivity (Wildman–Crippen MR) is 81.9 cm³/mol. The Balaban J connectivity index is 2.00. The van der Waals surface area contributed by atoms with E-state index in [0.717, 1.165) is 0 Å². The first kappa shape index (κ1) is 19.1. The highest BCUT2D eigenvalue weighted by atomic mass is 19.4. The van der Waals surface area contributed by atoms with E-state index < -0.39 is 41.8 Å². The van der Waals surface area contributed by atoms with Gasteiger partial charge in [-0.3, -0.25) is 19.7 Å². The van der Waals surface area contributed by atoms with Crippen molar-refractivity contribution < 1.29 is 27.5 Å². The second-order valence-corrected chi connectivity index (χ2v) is 5.08. The summed E-state index contributed by atoms with van der Waals surface area (Å²) in [6, 6.07) is 2.84. The van der Waals surface area contributed by atoms with Crippen molar-refractivity contribution in [3.8, 4) is 0 Å².